The van der Waals surface area contributed by atoms with Crippen LogP contribution in [0.5, 0.6) is 0 Å². The van der Waals surface area contributed by atoms with E-state index in [-0.39, 0.29) is 5.91 Å². The van der Waals surface area contributed by atoms with E-state index < -0.39 is 5.95 Å². The molecule has 2 fully saturated rings. The fraction of sp³-hybridized carbons (Fsp3) is 0.455. The summed E-state index contributed by atoms with van der Waals surface area (Å²) in [5, 5.41) is 9.20. The van der Waals surface area contributed by atoms with Crippen LogP contribution in [-0.4, -0.2) is 52.2 Å². The number of likely N-dealkylation sites (tertiary alicyclic amines) is 1. The molecule has 1 amide bonds. The van der Waals surface area contributed by atoms with E-state index in [2.05, 4.69) is 20.1 Å². The number of rotatable bonds is 2. The van der Waals surface area contributed by atoms with Crippen LogP contribution in [0.15, 0.2) is 18.2 Å². The molecule has 5 rings (SSSR count). The number of halogens is 1. The molecule has 2 unspecified atom stereocenters. The molecule has 7 nitrogen and oxygen atoms in total. The average molecular weight is 443 g/mol. The summed E-state index contributed by atoms with van der Waals surface area (Å²) < 4.78 is 13.4. The second kappa shape index (κ2) is 8.37. The van der Waals surface area contributed by atoms with Gasteiger partial charge in [-0.1, -0.05) is 19.9 Å². The highest BCUT2D eigenvalue weighted by Gasteiger charge is 2.42. The van der Waals surface area contributed by atoms with E-state index >= 15 is 0 Å². The third-order valence-electron chi connectivity index (χ3n) is 6.13. The number of nitrogen functional groups attached to an aromatic ring is 1. The molecule has 9 heteroatoms. The van der Waals surface area contributed by atoms with E-state index in [1.165, 1.54) is 17.4 Å². The van der Waals surface area contributed by atoms with Crippen LogP contribution in [0.3, 0.4) is 0 Å². The van der Waals surface area contributed by atoms with Gasteiger partial charge < -0.3 is 15.5 Å². The molecule has 2 atom stereocenters. The minimum Gasteiger partial charge on any atom is -0.397 e. The van der Waals surface area contributed by atoms with Crippen LogP contribution in [0.2, 0.25) is 0 Å². The maximum Gasteiger partial charge on any atom is 0.266 e. The van der Waals surface area contributed by atoms with Crippen LogP contribution in [0.1, 0.15) is 34.8 Å². The fourth-order valence-corrected chi connectivity index (χ4v) is 5.53. The maximum atomic E-state index is 13.4. The zero-order valence-electron chi connectivity index (χ0n) is 18.2. The van der Waals surface area contributed by atoms with E-state index in [0.29, 0.717) is 46.1 Å². The molecule has 2 aliphatic heterocycles. The predicted octanol–water partition coefficient (Wildman–Crippen LogP) is 3.66. The highest BCUT2D eigenvalue weighted by atomic mass is 32.1. The molecule has 31 heavy (non-hydrogen) atoms. The van der Waals surface area contributed by atoms with E-state index in [1.54, 1.807) is 6.07 Å². The first-order valence-corrected chi connectivity index (χ1v) is 11.4. The second-order valence-corrected chi connectivity index (χ2v) is 8.89. The highest BCUT2D eigenvalue weighted by Crippen LogP contribution is 2.38. The number of hydrogen-bond donors (Lipinski definition) is 1. The van der Waals surface area contributed by atoms with Crippen molar-refractivity contribution in [3.63, 3.8) is 0 Å². The Labute approximate surface area is 185 Å². The summed E-state index contributed by atoms with van der Waals surface area (Å²) in [5.41, 5.74) is 8.65. The minimum absolute atomic E-state index is 0.0348. The Balaban J connectivity index is 0.00000112. The topological polar surface area (TPSA) is 88.2 Å². The van der Waals surface area contributed by atoms with Crippen molar-refractivity contribution in [2.24, 2.45) is 11.8 Å². The molecular weight excluding hydrogens is 415 g/mol. The van der Waals surface area contributed by atoms with Gasteiger partial charge in [0.1, 0.15) is 15.5 Å². The van der Waals surface area contributed by atoms with Gasteiger partial charge in [0.05, 0.1) is 11.4 Å². The summed E-state index contributed by atoms with van der Waals surface area (Å²) >= 11 is 1.32. The Morgan fingerprint density at radius 3 is 2.45 bits per heavy atom. The molecule has 2 aliphatic rings. The molecule has 0 aromatic carbocycles. The number of nitrogens with zero attached hydrogens (tertiary/aromatic N) is 5. The lowest BCUT2D eigenvalue weighted by atomic mass is 10.0. The molecule has 0 aliphatic carbocycles. The summed E-state index contributed by atoms with van der Waals surface area (Å²) in [5.74, 6) is 0.861. The van der Waals surface area contributed by atoms with Crippen molar-refractivity contribution in [1.29, 1.82) is 0 Å². The van der Waals surface area contributed by atoms with Crippen molar-refractivity contribution < 1.29 is 9.18 Å². The van der Waals surface area contributed by atoms with Crippen LogP contribution < -0.4 is 10.6 Å². The number of pyridine rings is 1. The second-order valence-electron chi connectivity index (χ2n) is 7.89. The van der Waals surface area contributed by atoms with Gasteiger partial charge in [-0.15, -0.1) is 16.4 Å². The molecular formula is C22H27FN6OS. The first kappa shape index (κ1) is 21.4. The van der Waals surface area contributed by atoms with Gasteiger partial charge in [0.15, 0.2) is 0 Å². The van der Waals surface area contributed by atoms with Crippen LogP contribution in [0.4, 0.5) is 15.9 Å². The summed E-state index contributed by atoms with van der Waals surface area (Å²) in [7, 11) is 0. The molecule has 0 spiro atoms. The van der Waals surface area contributed by atoms with E-state index in [0.717, 1.165) is 29.7 Å². The quantitative estimate of drug-likeness (QED) is 0.610. The Bertz CT molecular complexity index is 1120. The van der Waals surface area contributed by atoms with E-state index in [4.69, 9.17) is 5.73 Å². The van der Waals surface area contributed by atoms with Crippen molar-refractivity contribution >= 4 is 39.0 Å². The number of thiophene rings is 1. The molecule has 2 N–H and O–H groups in total. The standard InChI is InChI=1S/C20H21FN6OS.C2H6/c1-10-11(2)24-25-19-16(10)17(22)18(29-19)20(28)27-8-12-6-26(7-13(12)9-27)15-5-3-4-14(21)23-15;1-2/h3-5,12-13H,6-9,22H2,1-2H3;1-2H3. The largest absolute Gasteiger partial charge is 0.397 e. The number of hydrogen-bond acceptors (Lipinski definition) is 7. The fourth-order valence-electron chi connectivity index (χ4n) is 4.46. The zero-order valence-corrected chi connectivity index (χ0v) is 19.0. The van der Waals surface area contributed by atoms with Gasteiger partial charge in [0, 0.05) is 43.4 Å². The third-order valence-corrected chi connectivity index (χ3v) is 7.20. The van der Waals surface area contributed by atoms with Crippen molar-refractivity contribution in [1.82, 2.24) is 20.1 Å². The lowest BCUT2D eigenvalue weighted by Crippen LogP contribution is -2.33. The number of anilines is 2. The number of nitrogens with two attached hydrogens (primary N) is 1. The lowest BCUT2D eigenvalue weighted by Gasteiger charge is -2.22. The first-order chi connectivity index (χ1) is 14.9. The van der Waals surface area contributed by atoms with Crippen LogP contribution in [0, 0.1) is 31.6 Å². The summed E-state index contributed by atoms with van der Waals surface area (Å²) in [6.45, 7) is 10.7. The normalized spacial score (nSPS) is 20.0. The summed E-state index contributed by atoms with van der Waals surface area (Å²) in [6, 6.07) is 4.86. The average Bonchev–Trinajstić information content (AvgIpc) is 3.44. The van der Waals surface area contributed by atoms with Crippen molar-refractivity contribution in [3.05, 3.63) is 40.3 Å². The van der Waals surface area contributed by atoms with Gasteiger partial charge in [-0.2, -0.15) is 9.49 Å². The van der Waals surface area contributed by atoms with Crippen LogP contribution >= 0.6 is 11.3 Å². The SMILES string of the molecule is CC.Cc1nnc2sc(C(=O)N3CC4CN(c5cccc(F)n5)CC4C3)c(N)c2c1C. The highest BCUT2D eigenvalue weighted by molar-refractivity contribution is 7.21. The van der Waals surface area contributed by atoms with E-state index in [9.17, 15) is 9.18 Å². The molecule has 5 heterocycles. The van der Waals surface area contributed by atoms with Crippen LogP contribution in [0.25, 0.3) is 10.2 Å². The monoisotopic (exact) mass is 442 g/mol. The first-order valence-electron chi connectivity index (χ1n) is 10.6. The number of aromatic nitrogens is 3. The Kier molecular flexibility index (Phi) is 5.79. The third kappa shape index (κ3) is 3.71. The van der Waals surface area contributed by atoms with Gasteiger partial charge in [-0.3, -0.25) is 4.79 Å². The smallest absolute Gasteiger partial charge is 0.266 e. The van der Waals surface area contributed by atoms with Gasteiger partial charge in [0.2, 0.25) is 5.95 Å². The Morgan fingerprint density at radius 1 is 1.13 bits per heavy atom. The summed E-state index contributed by atoms with van der Waals surface area (Å²) in [4.78, 5) is 22.4. The van der Waals surface area contributed by atoms with Crippen molar-refractivity contribution in [2.75, 3.05) is 36.8 Å². The predicted molar refractivity (Wildman–Crippen MR) is 122 cm³/mol. The molecule has 2 saturated heterocycles. The van der Waals surface area contributed by atoms with Gasteiger partial charge >= 0.3 is 0 Å². The zero-order chi connectivity index (χ0) is 22.3. The molecule has 0 saturated carbocycles. The van der Waals surface area contributed by atoms with Crippen molar-refractivity contribution in [2.45, 2.75) is 27.7 Å². The maximum absolute atomic E-state index is 13.4. The number of amides is 1. The summed E-state index contributed by atoms with van der Waals surface area (Å²) in [6.07, 6.45) is 0. The van der Waals surface area contributed by atoms with Gasteiger partial charge in [0.25, 0.3) is 5.91 Å². The van der Waals surface area contributed by atoms with Crippen molar-refractivity contribution in [3.8, 4) is 0 Å². The molecule has 164 valence electrons. The number of carbonyl (C=O) groups excluding carboxylic acids is 1. The Hall–Kier alpha value is -2.81. The number of fused-ring (bicyclic) bond motifs is 2. The van der Waals surface area contributed by atoms with Gasteiger partial charge in [-0.05, 0) is 31.5 Å². The van der Waals surface area contributed by atoms with Gasteiger partial charge in [-0.25, -0.2) is 4.98 Å². The minimum atomic E-state index is -0.467. The molecule has 3 aromatic heterocycles. The molecule has 0 radical (unpaired) electrons. The Morgan fingerprint density at radius 2 is 1.81 bits per heavy atom. The van der Waals surface area contributed by atoms with Crippen LogP contribution in [-0.2, 0) is 0 Å². The molecule has 0 bridgehead atoms. The molecule has 3 aromatic rings. The lowest BCUT2D eigenvalue weighted by molar-refractivity contribution is 0.0788. The number of carbonyl (C=O) groups is 1. The number of aryl methyl sites for hydroxylation is 2. The van der Waals surface area contributed by atoms with E-state index in [1.807, 2.05) is 38.7 Å².